The summed E-state index contributed by atoms with van der Waals surface area (Å²) in [4.78, 5) is 0. The van der Waals surface area contributed by atoms with Gasteiger partial charge in [-0.3, -0.25) is 0 Å². The predicted octanol–water partition coefficient (Wildman–Crippen LogP) is 4.13. The van der Waals surface area contributed by atoms with Crippen molar-refractivity contribution >= 4 is 11.6 Å². The molecule has 0 spiro atoms. The summed E-state index contributed by atoms with van der Waals surface area (Å²) in [6.07, 6.45) is 0. The van der Waals surface area contributed by atoms with Gasteiger partial charge in [-0.05, 0) is 41.0 Å². The SMILES string of the molecule is COc1ccc(-c2cc(OC)c(OC)cc2CCl)cc1OC. The van der Waals surface area contributed by atoms with Crippen LogP contribution in [0, 0.1) is 0 Å². The first-order valence-electron chi connectivity index (χ1n) is 6.71. The van der Waals surface area contributed by atoms with E-state index in [4.69, 9.17) is 30.5 Å². The lowest BCUT2D eigenvalue weighted by Crippen LogP contribution is -1.96. The summed E-state index contributed by atoms with van der Waals surface area (Å²) in [6.45, 7) is 0. The molecule has 2 aromatic rings. The Balaban J connectivity index is 2.60. The minimum absolute atomic E-state index is 0.365. The molecule has 2 rings (SSSR count). The van der Waals surface area contributed by atoms with Crippen LogP contribution < -0.4 is 18.9 Å². The van der Waals surface area contributed by atoms with Gasteiger partial charge in [0.25, 0.3) is 0 Å². The number of hydrogen-bond acceptors (Lipinski definition) is 4. The van der Waals surface area contributed by atoms with Gasteiger partial charge in [-0.1, -0.05) is 6.07 Å². The first-order chi connectivity index (χ1) is 10.7. The van der Waals surface area contributed by atoms with Crippen LogP contribution in [0.25, 0.3) is 11.1 Å². The molecular formula is C17H19ClO4. The molecule has 0 saturated carbocycles. The highest BCUT2D eigenvalue weighted by atomic mass is 35.5. The normalized spacial score (nSPS) is 10.2. The second kappa shape index (κ2) is 7.27. The van der Waals surface area contributed by atoms with Gasteiger partial charge in [0.15, 0.2) is 23.0 Å². The Labute approximate surface area is 135 Å². The molecule has 0 radical (unpaired) electrons. The van der Waals surface area contributed by atoms with Gasteiger partial charge >= 0.3 is 0 Å². The van der Waals surface area contributed by atoms with Crippen LogP contribution >= 0.6 is 11.6 Å². The average molecular weight is 323 g/mol. The fraction of sp³-hybridized carbons (Fsp3) is 0.294. The fourth-order valence-electron chi connectivity index (χ4n) is 2.30. The lowest BCUT2D eigenvalue weighted by Gasteiger charge is -2.15. The molecule has 0 aliphatic carbocycles. The third kappa shape index (κ3) is 3.07. The zero-order chi connectivity index (χ0) is 16.1. The first kappa shape index (κ1) is 16.3. The molecule has 22 heavy (non-hydrogen) atoms. The van der Waals surface area contributed by atoms with Gasteiger partial charge in [-0.15, -0.1) is 11.6 Å². The minimum Gasteiger partial charge on any atom is -0.493 e. The molecule has 0 heterocycles. The lowest BCUT2D eigenvalue weighted by atomic mass is 9.99. The molecule has 118 valence electrons. The molecule has 5 heteroatoms. The lowest BCUT2D eigenvalue weighted by molar-refractivity contribution is 0.354. The van der Waals surface area contributed by atoms with E-state index in [9.17, 15) is 0 Å². The van der Waals surface area contributed by atoms with Crippen LogP contribution in [0.4, 0.5) is 0 Å². The number of alkyl halides is 1. The van der Waals surface area contributed by atoms with Gasteiger partial charge in [0.05, 0.1) is 28.4 Å². The standard InChI is InChI=1S/C17H19ClO4/c1-19-14-6-5-11(7-15(14)20-2)13-9-17(22-4)16(21-3)8-12(13)10-18/h5-9H,10H2,1-4H3. The number of rotatable bonds is 6. The van der Waals surface area contributed by atoms with Gasteiger partial charge in [0.2, 0.25) is 0 Å². The molecule has 0 bridgehead atoms. The molecule has 0 aliphatic heterocycles. The smallest absolute Gasteiger partial charge is 0.161 e. The molecule has 0 atom stereocenters. The third-order valence-corrected chi connectivity index (χ3v) is 3.74. The van der Waals surface area contributed by atoms with E-state index in [0.717, 1.165) is 16.7 Å². The number of ether oxygens (including phenoxy) is 4. The van der Waals surface area contributed by atoms with E-state index in [0.29, 0.717) is 28.9 Å². The van der Waals surface area contributed by atoms with Gasteiger partial charge < -0.3 is 18.9 Å². The zero-order valence-electron chi connectivity index (χ0n) is 13.1. The summed E-state index contributed by atoms with van der Waals surface area (Å²) in [7, 11) is 6.43. The van der Waals surface area contributed by atoms with E-state index in [-0.39, 0.29) is 0 Å². The predicted molar refractivity (Wildman–Crippen MR) is 87.6 cm³/mol. The summed E-state index contributed by atoms with van der Waals surface area (Å²) in [5, 5.41) is 0. The van der Waals surface area contributed by atoms with E-state index in [2.05, 4.69) is 0 Å². The quantitative estimate of drug-likeness (QED) is 0.749. The zero-order valence-corrected chi connectivity index (χ0v) is 13.9. The molecule has 4 nitrogen and oxygen atoms in total. The number of benzene rings is 2. The Morgan fingerprint density at radius 1 is 0.727 bits per heavy atom. The van der Waals surface area contributed by atoms with Crippen molar-refractivity contribution in [3.05, 3.63) is 35.9 Å². The van der Waals surface area contributed by atoms with E-state index in [1.165, 1.54) is 0 Å². The highest BCUT2D eigenvalue weighted by molar-refractivity contribution is 6.17. The summed E-state index contributed by atoms with van der Waals surface area (Å²) in [5.41, 5.74) is 2.88. The van der Waals surface area contributed by atoms with Crippen LogP contribution in [-0.2, 0) is 5.88 Å². The van der Waals surface area contributed by atoms with Crippen molar-refractivity contribution in [2.75, 3.05) is 28.4 Å². The van der Waals surface area contributed by atoms with Gasteiger partial charge in [-0.25, -0.2) is 0 Å². The Morgan fingerprint density at radius 2 is 1.27 bits per heavy atom. The Bertz CT molecular complexity index is 655. The van der Waals surface area contributed by atoms with Crippen LogP contribution in [0.5, 0.6) is 23.0 Å². The van der Waals surface area contributed by atoms with Crippen LogP contribution in [-0.4, -0.2) is 28.4 Å². The van der Waals surface area contributed by atoms with Crippen LogP contribution in [0.2, 0.25) is 0 Å². The maximum atomic E-state index is 6.09. The van der Waals surface area contributed by atoms with Crippen molar-refractivity contribution in [2.45, 2.75) is 5.88 Å². The van der Waals surface area contributed by atoms with Crippen LogP contribution in [0.1, 0.15) is 5.56 Å². The summed E-state index contributed by atoms with van der Waals surface area (Å²) < 4.78 is 21.3. The van der Waals surface area contributed by atoms with Crippen molar-refractivity contribution in [2.24, 2.45) is 0 Å². The molecule has 0 fully saturated rings. The molecule has 0 N–H and O–H groups in total. The number of halogens is 1. The van der Waals surface area contributed by atoms with E-state index >= 15 is 0 Å². The van der Waals surface area contributed by atoms with E-state index in [1.54, 1.807) is 28.4 Å². The monoisotopic (exact) mass is 322 g/mol. The molecular weight excluding hydrogens is 304 g/mol. The Hall–Kier alpha value is -2.07. The Morgan fingerprint density at radius 3 is 1.82 bits per heavy atom. The van der Waals surface area contributed by atoms with Crippen LogP contribution in [0.3, 0.4) is 0 Å². The van der Waals surface area contributed by atoms with E-state index in [1.807, 2.05) is 30.3 Å². The topological polar surface area (TPSA) is 36.9 Å². The van der Waals surface area contributed by atoms with Gasteiger partial charge in [0.1, 0.15) is 0 Å². The van der Waals surface area contributed by atoms with Gasteiger partial charge in [-0.2, -0.15) is 0 Å². The van der Waals surface area contributed by atoms with Crippen molar-refractivity contribution in [1.82, 2.24) is 0 Å². The summed E-state index contributed by atoms with van der Waals surface area (Å²) >= 11 is 6.09. The molecule has 0 unspecified atom stereocenters. The maximum Gasteiger partial charge on any atom is 0.161 e. The highest BCUT2D eigenvalue weighted by Gasteiger charge is 2.14. The fourth-order valence-corrected chi connectivity index (χ4v) is 2.53. The highest BCUT2D eigenvalue weighted by Crippen LogP contribution is 2.39. The molecule has 0 saturated heterocycles. The average Bonchev–Trinajstić information content (AvgIpc) is 2.59. The number of methoxy groups -OCH3 is 4. The Kier molecular flexibility index (Phi) is 5.39. The van der Waals surface area contributed by atoms with Crippen LogP contribution in [0.15, 0.2) is 30.3 Å². The van der Waals surface area contributed by atoms with Crippen molar-refractivity contribution in [3.8, 4) is 34.1 Å². The first-order valence-corrected chi connectivity index (χ1v) is 7.25. The largest absolute Gasteiger partial charge is 0.493 e. The molecule has 0 amide bonds. The molecule has 0 aliphatic rings. The summed E-state index contributed by atoms with van der Waals surface area (Å²) in [5.74, 6) is 3.02. The maximum absolute atomic E-state index is 6.09. The number of hydrogen-bond donors (Lipinski definition) is 0. The minimum atomic E-state index is 0.365. The van der Waals surface area contributed by atoms with E-state index < -0.39 is 0 Å². The van der Waals surface area contributed by atoms with Crippen molar-refractivity contribution in [3.63, 3.8) is 0 Å². The second-order valence-corrected chi connectivity index (χ2v) is 4.83. The third-order valence-electron chi connectivity index (χ3n) is 3.45. The van der Waals surface area contributed by atoms with Gasteiger partial charge in [0, 0.05) is 5.88 Å². The second-order valence-electron chi connectivity index (χ2n) is 4.57. The van der Waals surface area contributed by atoms with Crippen molar-refractivity contribution in [1.29, 1.82) is 0 Å². The molecule has 2 aromatic carbocycles. The van der Waals surface area contributed by atoms with Crippen molar-refractivity contribution < 1.29 is 18.9 Å². The summed E-state index contributed by atoms with van der Waals surface area (Å²) in [6, 6.07) is 9.54. The molecule has 0 aromatic heterocycles.